The quantitative estimate of drug-likeness (QED) is 0.273. The van der Waals surface area contributed by atoms with E-state index in [2.05, 4.69) is 0 Å². The van der Waals surface area contributed by atoms with Gasteiger partial charge in [-0.2, -0.15) is 0 Å². The van der Waals surface area contributed by atoms with Gasteiger partial charge in [-0.15, -0.1) is 0 Å². The number of primary amides is 1. The number of aliphatic hydroxyl groups is 2. The molecule has 3 aromatic carbocycles. The first-order valence-electron chi connectivity index (χ1n) is 12.3. The van der Waals surface area contributed by atoms with Crippen molar-refractivity contribution in [2.75, 3.05) is 32.9 Å². The van der Waals surface area contributed by atoms with E-state index in [1.54, 1.807) is 12.1 Å². The maximum Gasteiger partial charge on any atom is 0.255 e. The van der Waals surface area contributed by atoms with E-state index in [4.69, 9.17) is 19.9 Å². The number of hydrogen-bond acceptors (Lipinski definition) is 7. The Bertz CT molecular complexity index is 998. The lowest BCUT2D eigenvalue weighted by Crippen LogP contribution is -2.46. The molecule has 0 aromatic heterocycles. The van der Waals surface area contributed by atoms with Crippen LogP contribution in [0.15, 0.2) is 84.9 Å². The standard InChI is InChI=1S/C29H36N2O6/c1-22(16-23-12-14-28(15-13-23)37-21-29(30)34)31(17-24(32)19-35-26-8-4-2-5-9-26)18-25(33)20-36-27-10-6-3-7-11-27/h2-15,22,24-25,32-33H,16-21H2,1H3,(H2,30,34). The van der Waals surface area contributed by atoms with Crippen molar-refractivity contribution in [3.63, 3.8) is 0 Å². The van der Waals surface area contributed by atoms with Crippen LogP contribution in [-0.4, -0.2) is 72.2 Å². The zero-order valence-corrected chi connectivity index (χ0v) is 21.1. The van der Waals surface area contributed by atoms with E-state index in [0.29, 0.717) is 36.8 Å². The van der Waals surface area contributed by atoms with E-state index >= 15 is 0 Å². The zero-order valence-electron chi connectivity index (χ0n) is 21.1. The van der Waals surface area contributed by atoms with Crippen molar-refractivity contribution in [1.82, 2.24) is 4.90 Å². The lowest BCUT2D eigenvalue weighted by atomic mass is 10.0. The Balaban J connectivity index is 1.59. The molecule has 1 amide bonds. The van der Waals surface area contributed by atoms with Gasteiger partial charge in [-0.25, -0.2) is 0 Å². The number of para-hydroxylation sites is 2. The Labute approximate surface area is 218 Å². The summed E-state index contributed by atoms with van der Waals surface area (Å²) in [5.41, 5.74) is 6.18. The van der Waals surface area contributed by atoms with Crippen LogP contribution in [0.1, 0.15) is 12.5 Å². The van der Waals surface area contributed by atoms with E-state index in [-0.39, 0.29) is 25.9 Å². The second kappa shape index (κ2) is 14.8. The van der Waals surface area contributed by atoms with Crippen LogP contribution < -0.4 is 19.9 Å². The smallest absolute Gasteiger partial charge is 0.255 e. The van der Waals surface area contributed by atoms with Crippen LogP contribution in [0.3, 0.4) is 0 Å². The third-order valence-corrected chi connectivity index (χ3v) is 5.72. The summed E-state index contributed by atoms with van der Waals surface area (Å²) in [5, 5.41) is 21.4. The molecule has 0 aliphatic rings. The number of carbonyl (C=O) groups is 1. The molecule has 0 heterocycles. The van der Waals surface area contributed by atoms with Gasteiger partial charge in [0.25, 0.3) is 5.91 Å². The minimum Gasteiger partial charge on any atom is -0.491 e. The van der Waals surface area contributed by atoms with Crippen LogP contribution in [0.25, 0.3) is 0 Å². The van der Waals surface area contributed by atoms with E-state index in [1.165, 1.54) is 0 Å². The molecule has 8 nitrogen and oxygen atoms in total. The van der Waals surface area contributed by atoms with Gasteiger partial charge in [0.2, 0.25) is 0 Å². The highest BCUT2D eigenvalue weighted by molar-refractivity contribution is 5.75. The summed E-state index contributed by atoms with van der Waals surface area (Å²) in [4.78, 5) is 13.0. The molecule has 3 unspecified atom stereocenters. The van der Waals surface area contributed by atoms with Gasteiger partial charge in [0.1, 0.15) is 42.7 Å². The molecule has 37 heavy (non-hydrogen) atoms. The summed E-state index contributed by atoms with van der Waals surface area (Å²) in [6.07, 6.45) is -0.835. The van der Waals surface area contributed by atoms with Gasteiger partial charge in [-0.1, -0.05) is 48.5 Å². The van der Waals surface area contributed by atoms with Crippen LogP contribution in [0.4, 0.5) is 0 Å². The molecule has 198 valence electrons. The monoisotopic (exact) mass is 508 g/mol. The molecule has 0 saturated heterocycles. The lowest BCUT2D eigenvalue weighted by molar-refractivity contribution is -0.119. The molecule has 0 saturated carbocycles. The molecular formula is C29H36N2O6. The average Bonchev–Trinajstić information content (AvgIpc) is 2.91. The number of amides is 1. The van der Waals surface area contributed by atoms with Gasteiger partial charge in [0.15, 0.2) is 6.61 Å². The number of nitrogens with zero attached hydrogens (tertiary/aromatic N) is 1. The highest BCUT2D eigenvalue weighted by atomic mass is 16.5. The number of rotatable bonds is 16. The molecule has 0 spiro atoms. The predicted molar refractivity (Wildman–Crippen MR) is 142 cm³/mol. The molecule has 3 aromatic rings. The van der Waals surface area contributed by atoms with E-state index in [0.717, 1.165) is 5.56 Å². The lowest BCUT2D eigenvalue weighted by Gasteiger charge is -2.32. The van der Waals surface area contributed by atoms with Crippen molar-refractivity contribution in [2.24, 2.45) is 5.73 Å². The normalized spacial score (nSPS) is 13.5. The highest BCUT2D eigenvalue weighted by Crippen LogP contribution is 2.17. The van der Waals surface area contributed by atoms with Gasteiger partial charge in [-0.05, 0) is 55.3 Å². The summed E-state index contributed by atoms with van der Waals surface area (Å²) in [7, 11) is 0. The molecule has 0 aliphatic carbocycles. The second-order valence-corrected chi connectivity index (χ2v) is 8.96. The van der Waals surface area contributed by atoms with E-state index < -0.39 is 18.1 Å². The maximum absolute atomic E-state index is 10.9. The minimum atomic E-state index is -0.755. The maximum atomic E-state index is 10.9. The topological polar surface area (TPSA) is 114 Å². The zero-order chi connectivity index (χ0) is 26.5. The van der Waals surface area contributed by atoms with Crippen LogP contribution in [0.2, 0.25) is 0 Å². The Hall–Kier alpha value is -3.59. The molecule has 0 fully saturated rings. The molecule has 8 heteroatoms. The van der Waals surface area contributed by atoms with Crippen LogP contribution in [-0.2, 0) is 11.2 Å². The Kier molecular flexibility index (Phi) is 11.2. The third-order valence-electron chi connectivity index (χ3n) is 5.72. The van der Waals surface area contributed by atoms with Gasteiger partial charge in [0, 0.05) is 19.1 Å². The van der Waals surface area contributed by atoms with Gasteiger partial charge in [0.05, 0.1) is 0 Å². The fraction of sp³-hybridized carbons (Fsp3) is 0.345. The molecule has 0 bridgehead atoms. The predicted octanol–water partition coefficient (Wildman–Crippen LogP) is 2.66. The SMILES string of the molecule is CC(Cc1ccc(OCC(N)=O)cc1)N(CC(O)COc1ccccc1)CC(O)COc1ccccc1. The number of ether oxygens (including phenoxy) is 3. The van der Waals surface area contributed by atoms with Gasteiger partial charge in [-0.3, -0.25) is 9.69 Å². The fourth-order valence-electron chi connectivity index (χ4n) is 3.85. The molecule has 3 rings (SSSR count). The summed E-state index contributed by atoms with van der Waals surface area (Å²) < 4.78 is 16.8. The van der Waals surface area contributed by atoms with Crippen molar-refractivity contribution in [1.29, 1.82) is 0 Å². The van der Waals surface area contributed by atoms with Crippen molar-refractivity contribution >= 4 is 5.91 Å². The highest BCUT2D eigenvalue weighted by Gasteiger charge is 2.22. The van der Waals surface area contributed by atoms with Crippen molar-refractivity contribution in [2.45, 2.75) is 31.6 Å². The van der Waals surface area contributed by atoms with Crippen molar-refractivity contribution in [3.8, 4) is 17.2 Å². The summed E-state index contributed by atoms with van der Waals surface area (Å²) in [6, 6.07) is 26.1. The minimum absolute atomic E-state index is 0.00450. The average molecular weight is 509 g/mol. The molecule has 3 atom stereocenters. The van der Waals surface area contributed by atoms with Crippen molar-refractivity contribution < 1.29 is 29.2 Å². The molecule has 0 aliphatic heterocycles. The second-order valence-electron chi connectivity index (χ2n) is 8.96. The first-order chi connectivity index (χ1) is 17.9. The Morgan fingerprint density at radius 3 is 1.68 bits per heavy atom. The third kappa shape index (κ3) is 10.5. The number of hydrogen-bond donors (Lipinski definition) is 3. The number of carbonyl (C=O) groups excluding carboxylic acids is 1. The fourth-order valence-corrected chi connectivity index (χ4v) is 3.85. The Morgan fingerprint density at radius 1 is 0.757 bits per heavy atom. The van der Waals surface area contributed by atoms with E-state index in [1.807, 2.05) is 84.6 Å². The molecular weight excluding hydrogens is 472 g/mol. The number of aliphatic hydroxyl groups excluding tert-OH is 2. The van der Waals surface area contributed by atoms with Crippen LogP contribution in [0.5, 0.6) is 17.2 Å². The molecule has 4 N–H and O–H groups in total. The summed E-state index contributed by atoms with van der Waals surface area (Å²) in [5.74, 6) is 1.42. The van der Waals surface area contributed by atoms with Gasteiger partial charge < -0.3 is 30.2 Å². The summed E-state index contributed by atoms with van der Waals surface area (Å²) in [6.45, 7) is 2.78. The van der Waals surface area contributed by atoms with Gasteiger partial charge >= 0.3 is 0 Å². The molecule has 0 radical (unpaired) electrons. The van der Waals surface area contributed by atoms with Crippen LogP contribution in [0, 0.1) is 0 Å². The van der Waals surface area contributed by atoms with Crippen molar-refractivity contribution in [3.05, 3.63) is 90.5 Å². The summed E-state index contributed by atoms with van der Waals surface area (Å²) >= 11 is 0. The van der Waals surface area contributed by atoms with Crippen LogP contribution >= 0.6 is 0 Å². The van der Waals surface area contributed by atoms with E-state index in [9.17, 15) is 15.0 Å². The first kappa shape index (κ1) is 28.0. The Morgan fingerprint density at radius 2 is 1.22 bits per heavy atom. The number of benzene rings is 3. The number of nitrogens with two attached hydrogens (primary N) is 1. The first-order valence-corrected chi connectivity index (χ1v) is 12.3. The largest absolute Gasteiger partial charge is 0.491 e.